The minimum Gasteiger partial charge on any atom is -0.493 e. The van der Waals surface area contributed by atoms with Crippen molar-refractivity contribution in [1.82, 2.24) is 10.6 Å². The molecule has 29 heavy (non-hydrogen) atoms. The van der Waals surface area contributed by atoms with Gasteiger partial charge in [-0.3, -0.25) is 10.1 Å². The van der Waals surface area contributed by atoms with Crippen LogP contribution in [0.5, 0.6) is 11.5 Å². The third-order valence-electron chi connectivity index (χ3n) is 4.50. The van der Waals surface area contributed by atoms with Crippen molar-refractivity contribution in [1.29, 1.82) is 0 Å². The lowest BCUT2D eigenvalue weighted by Gasteiger charge is -2.16. The fourth-order valence-electron chi connectivity index (χ4n) is 3.03. The van der Waals surface area contributed by atoms with Gasteiger partial charge in [0.1, 0.15) is 0 Å². The van der Waals surface area contributed by atoms with Gasteiger partial charge in [0.05, 0.1) is 7.11 Å². The topological polar surface area (TPSA) is 103 Å². The van der Waals surface area contributed by atoms with Gasteiger partial charge in [-0.15, -0.1) is 0 Å². The number of benzene rings is 1. The molecule has 0 spiro atoms. The van der Waals surface area contributed by atoms with Crippen molar-refractivity contribution >= 4 is 24.0 Å². The number of hydrogen-bond donors (Lipinski definition) is 2. The van der Waals surface area contributed by atoms with Crippen LogP contribution in [0.15, 0.2) is 24.3 Å². The Kier molecular flexibility index (Phi) is 8.51. The molecule has 0 radical (unpaired) electrons. The Balaban J connectivity index is 1.79. The first kappa shape index (κ1) is 22.3. The number of carbonyl (C=O) groups excluding carboxylic acids is 3. The first-order chi connectivity index (χ1) is 13.9. The minimum absolute atomic E-state index is 0.0863. The zero-order chi connectivity index (χ0) is 21.2. The van der Waals surface area contributed by atoms with E-state index in [9.17, 15) is 14.4 Å². The number of allylic oxidation sites excluding steroid dienone is 1. The van der Waals surface area contributed by atoms with Gasteiger partial charge in [-0.05, 0) is 44.4 Å². The number of hydrogen-bond acceptors (Lipinski definition) is 6. The Bertz CT molecular complexity index is 756. The molecule has 1 aromatic carbocycles. The van der Waals surface area contributed by atoms with Crippen LogP contribution >= 0.6 is 0 Å². The largest absolute Gasteiger partial charge is 0.493 e. The van der Waals surface area contributed by atoms with E-state index in [0.717, 1.165) is 31.2 Å². The second-order valence-corrected chi connectivity index (χ2v) is 6.78. The average molecular weight is 404 g/mol. The zero-order valence-electron chi connectivity index (χ0n) is 17.0. The van der Waals surface area contributed by atoms with Crippen molar-refractivity contribution in [2.45, 2.75) is 51.7 Å². The highest BCUT2D eigenvalue weighted by Gasteiger charge is 2.23. The highest BCUT2D eigenvalue weighted by Crippen LogP contribution is 2.28. The lowest BCUT2D eigenvalue weighted by Crippen LogP contribution is -2.47. The second kappa shape index (κ2) is 11.1. The molecule has 0 aliphatic heterocycles. The smallest absolute Gasteiger partial charge is 0.344 e. The summed E-state index contributed by atoms with van der Waals surface area (Å²) in [6, 6.07) is 4.79. The third kappa shape index (κ3) is 7.14. The Labute approximate surface area is 170 Å². The lowest BCUT2D eigenvalue weighted by atomic mass is 10.2. The maximum atomic E-state index is 12.0. The van der Waals surface area contributed by atoms with Gasteiger partial charge in [0.25, 0.3) is 5.91 Å². The molecule has 1 saturated carbocycles. The van der Waals surface area contributed by atoms with E-state index in [4.69, 9.17) is 14.2 Å². The van der Waals surface area contributed by atoms with Crippen LogP contribution in [0.1, 0.15) is 45.1 Å². The number of amides is 3. The van der Waals surface area contributed by atoms with Crippen molar-refractivity contribution in [3.05, 3.63) is 29.8 Å². The molecule has 8 heteroatoms. The molecule has 2 N–H and O–H groups in total. The number of methoxy groups -OCH3 is 1. The number of imide groups is 1. The molecule has 0 unspecified atom stereocenters. The highest BCUT2D eigenvalue weighted by atomic mass is 16.6. The summed E-state index contributed by atoms with van der Waals surface area (Å²) >= 11 is 0. The van der Waals surface area contributed by atoms with E-state index in [2.05, 4.69) is 10.6 Å². The van der Waals surface area contributed by atoms with Gasteiger partial charge in [-0.25, -0.2) is 9.59 Å². The van der Waals surface area contributed by atoms with Crippen molar-refractivity contribution in [2.24, 2.45) is 0 Å². The molecule has 0 aromatic heterocycles. The minimum atomic E-state index is -1.13. The summed E-state index contributed by atoms with van der Waals surface area (Å²) in [6.45, 7) is 2.90. The predicted octanol–water partition coefficient (Wildman–Crippen LogP) is 2.81. The van der Waals surface area contributed by atoms with Crippen LogP contribution in [-0.4, -0.2) is 43.8 Å². The molecule has 1 atom stereocenters. The highest BCUT2D eigenvalue weighted by molar-refractivity contribution is 5.97. The number of nitrogens with one attached hydrogen (secondary N) is 2. The number of esters is 1. The van der Waals surface area contributed by atoms with Crippen LogP contribution in [0, 0.1) is 0 Å². The van der Waals surface area contributed by atoms with E-state index in [1.54, 1.807) is 12.1 Å². The van der Waals surface area contributed by atoms with Gasteiger partial charge in [-0.2, -0.15) is 0 Å². The SMILES string of the molecule is C/C=C/c1ccc(OCC(=O)O[C@H](C)C(=O)NC(=O)NC2CCCC2)c(OC)c1. The number of ether oxygens (including phenoxy) is 3. The van der Waals surface area contributed by atoms with Gasteiger partial charge >= 0.3 is 12.0 Å². The normalized spacial score (nSPS) is 15.0. The molecule has 2 rings (SSSR count). The van der Waals surface area contributed by atoms with Gasteiger partial charge in [0, 0.05) is 6.04 Å². The molecule has 0 saturated heterocycles. The fraction of sp³-hybridized carbons (Fsp3) is 0.476. The Morgan fingerprint density at radius 1 is 1.21 bits per heavy atom. The van der Waals surface area contributed by atoms with E-state index in [1.807, 2.05) is 25.1 Å². The van der Waals surface area contributed by atoms with Crippen LogP contribution in [0.3, 0.4) is 0 Å². The van der Waals surface area contributed by atoms with Crippen molar-refractivity contribution in [2.75, 3.05) is 13.7 Å². The molecule has 0 heterocycles. The van der Waals surface area contributed by atoms with Crippen molar-refractivity contribution < 1.29 is 28.6 Å². The molecule has 8 nitrogen and oxygen atoms in total. The maximum Gasteiger partial charge on any atom is 0.344 e. The molecule has 0 bridgehead atoms. The van der Waals surface area contributed by atoms with E-state index in [-0.39, 0.29) is 6.04 Å². The van der Waals surface area contributed by atoms with Crippen LogP contribution in [-0.2, 0) is 14.3 Å². The first-order valence-electron chi connectivity index (χ1n) is 9.67. The van der Waals surface area contributed by atoms with Crippen molar-refractivity contribution in [3.63, 3.8) is 0 Å². The fourth-order valence-corrected chi connectivity index (χ4v) is 3.03. The molecule has 1 fully saturated rings. The van der Waals surface area contributed by atoms with Crippen LogP contribution in [0.4, 0.5) is 4.79 Å². The molecule has 3 amide bonds. The van der Waals surface area contributed by atoms with E-state index < -0.39 is 30.6 Å². The summed E-state index contributed by atoms with van der Waals surface area (Å²) in [4.78, 5) is 35.8. The average Bonchev–Trinajstić information content (AvgIpc) is 3.19. The Hall–Kier alpha value is -3.03. The summed E-state index contributed by atoms with van der Waals surface area (Å²) in [5.41, 5.74) is 0.931. The Morgan fingerprint density at radius 3 is 2.59 bits per heavy atom. The molecule has 158 valence electrons. The first-order valence-corrected chi connectivity index (χ1v) is 9.67. The quantitative estimate of drug-likeness (QED) is 0.646. The van der Waals surface area contributed by atoms with Gasteiger partial charge < -0.3 is 19.5 Å². The van der Waals surface area contributed by atoms with Crippen LogP contribution in [0.2, 0.25) is 0 Å². The molecule has 1 aromatic rings. The zero-order valence-corrected chi connectivity index (χ0v) is 17.0. The van der Waals surface area contributed by atoms with Crippen molar-refractivity contribution in [3.8, 4) is 11.5 Å². The van der Waals surface area contributed by atoms with E-state index in [1.165, 1.54) is 14.0 Å². The summed E-state index contributed by atoms with van der Waals surface area (Å²) in [6.07, 6.45) is 6.62. The summed E-state index contributed by atoms with van der Waals surface area (Å²) in [5, 5.41) is 4.92. The molecular weight excluding hydrogens is 376 g/mol. The standard InChI is InChI=1S/C21H28N2O6/c1-4-7-15-10-11-17(18(12-15)27-3)28-13-19(24)29-14(2)20(25)23-21(26)22-16-8-5-6-9-16/h4,7,10-12,14,16H,5-6,8-9,13H2,1-3H3,(H2,22,23,25,26)/b7-4+/t14-/m1/s1. The third-order valence-corrected chi connectivity index (χ3v) is 4.50. The lowest BCUT2D eigenvalue weighted by molar-refractivity contribution is -0.156. The summed E-state index contributed by atoms with van der Waals surface area (Å²) in [7, 11) is 1.50. The van der Waals surface area contributed by atoms with Crippen LogP contribution in [0.25, 0.3) is 6.08 Å². The van der Waals surface area contributed by atoms with E-state index >= 15 is 0 Å². The number of carbonyl (C=O) groups is 3. The molecule has 1 aliphatic rings. The maximum absolute atomic E-state index is 12.0. The van der Waals surface area contributed by atoms with Crippen LogP contribution < -0.4 is 20.1 Å². The number of urea groups is 1. The van der Waals surface area contributed by atoms with E-state index in [0.29, 0.717) is 11.5 Å². The number of rotatable bonds is 8. The summed E-state index contributed by atoms with van der Waals surface area (Å²) in [5.74, 6) is -0.570. The van der Waals surface area contributed by atoms with Gasteiger partial charge in [0.2, 0.25) is 0 Å². The molecular formula is C21H28N2O6. The predicted molar refractivity (Wildman–Crippen MR) is 108 cm³/mol. The molecule has 1 aliphatic carbocycles. The van der Waals surface area contributed by atoms with Gasteiger partial charge in [0.15, 0.2) is 24.2 Å². The van der Waals surface area contributed by atoms with Gasteiger partial charge in [-0.1, -0.05) is 31.1 Å². The summed E-state index contributed by atoms with van der Waals surface area (Å²) < 4.78 is 15.7. The Morgan fingerprint density at radius 2 is 1.93 bits per heavy atom. The monoisotopic (exact) mass is 404 g/mol. The second-order valence-electron chi connectivity index (χ2n) is 6.78.